The van der Waals surface area contributed by atoms with Crippen molar-refractivity contribution in [2.24, 2.45) is 0 Å². The quantitative estimate of drug-likeness (QED) is 0.870. The maximum atomic E-state index is 12.8. The number of carbonyl (C=O) groups is 2. The summed E-state index contributed by atoms with van der Waals surface area (Å²) in [5.74, 6) is -0.214. The van der Waals surface area contributed by atoms with E-state index in [-0.39, 0.29) is 11.8 Å². The van der Waals surface area contributed by atoms with Crippen molar-refractivity contribution in [3.8, 4) is 0 Å². The van der Waals surface area contributed by atoms with E-state index in [9.17, 15) is 9.59 Å². The maximum Gasteiger partial charge on any atom is 0.254 e. The summed E-state index contributed by atoms with van der Waals surface area (Å²) in [6.07, 6.45) is 0. The zero-order valence-electron chi connectivity index (χ0n) is 13.7. The Bertz CT molecular complexity index is 559. The summed E-state index contributed by atoms with van der Waals surface area (Å²) < 4.78 is 0. The van der Waals surface area contributed by atoms with Gasteiger partial charge in [-0.15, -0.1) is 0 Å². The first-order valence-electron chi connectivity index (χ1n) is 7.42. The molecule has 0 aliphatic carbocycles. The van der Waals surface area contributed by atoms with Gasteiger partial charge in [-0.1, -0.05) is 6.07 Å². The summed E-state index contributed by atoms with van der Waals surface area (Å²) in [6, 6.07) is 7.04. The van der Waals surface area contributed by atoms with Gasteiger partial charge in [0.15, 0.2) is 0 Å². The van der Waals surface area contributed by atoms with E-state index < -0.39 is 6.04 Å². The largest absolute Gasteiger partial charge is 0.378 e. The molecule has 6 nitrogen and oxygen atoms in total. The van der Waals surface area contributed by atoms with Crippen molar-refractivity contribution in [2.45, 2.75) is 6.04 Å². The van der Waals surface area contributed by atoms with Gasteiger partial charge in [-0.3, -0.25) is 9.59 Å². The van der Waals surface area contributed by atoms with E-state index in [2.05, 4.69) is 10.2 Å². The van der Waals surface area contributed by atoms with E-state index in [0.29, 0.717) is 18.7 Å². The Labute approximate surface area is 131 Å². The summed E-state index contributed by atoms with van der Waals surface area (Å²) in [6.45, 7) is 1.88. The first-order chi connectivity index (χ1) is 10.4. The van der Waals surface area contributed by atoms with E-state index in [4.69, 9.17) is 0 Å². The number of carbonyl (C=O) groups excluding carboxylic acids is 2. The molecule has 1 aliphatic heterocycles. The molecule has 0 spiro atoms. The standard InChI is InChI=1S/C16H24N4O2/c1-17-15(21)14-11-19(4)8-9-20(14)16(22)12-6-5-7-13(10-12)18(2)3/h5-7,10,14H,8-9,11H2,1-4H3,(H,17,21). The van der Waals surface area contributed by atoms with E-state index in [1.165, 1.54) is 0 Å². The number of amides is 2. The predicted molar refractivity (Wildman–Crippen MR) is 87.2 cm³/mol. The van der Waals surface area contributed by atoms with Gasteiger partial charge in [-0.2, -0.15) is 0 Å². The normalized spacial score (nSPS) is 18.9. The van der Waals surface area contributed by atoms with Gasteiger partial charge in [-0.25, -0.2) is 0 Å². The number of hydrogen-bond acceptors (Lipinski definition) is 4. The number of anilines is 1. The molecular weight excluding hydrogens is 280 g/mol. The van der Waals surface area contributed by atoms with Gasteiger partial charge in [0.2, 0.25) is 5.91 Å². The lowest BCUT2D eigenvalue weighted by Crippen LogP contribution is -2.59. The molecule has 2 rings (SSSR count). The molecule has 6 heteroatoms. The minimum atomic E-state index is -0.445. The van der Waals surface area contributed by atoms with Crippen molar-refractivity contribution in [3.63, 3.8) is 0 Å². The fraction of sp³-hybridized carbons (Fsp3) is 0.500. The lowest BCUT2D eigenvalue weighted by atomic mass is 10.1. The van der Waals surface area contributed by atoms with Crippen LogP contribution in [0.15, 0.2) is 24.3 Å². The number of likely N-dealkylation sites (N-methyl/N-ethyl adjacent to an activating group) is 2. The fourth-order valence-electron chi connectivity index (χ4n) is 2.64. The molecule has 2 amide bonds. The molecule has 0 bridgehead atoms. The van der Waals surface area contributed by atoms with Crippen molar-refractivity contribution >= 4 is 17.5 Å². The van der Waals surface area contributed by atoms with Gasteiger partial charge in [0.05, 0.1) is 0 Å². The Balaban J connectivity index is 2.26. The van der Waals surface area contributed by atoms with Crippen LogP contribution in [0.1, 0.15) is 10.4 Å². The zero-order valence-corrected chi connectivity index (χ0v) is 13.7. The fourth-order valence-corrected chi connectivity index (χ4v) is 2.64. The van der Waals surface area contributed by atoms with Gasteiger partial charge in [0.25, 0.3) is 5.91 Å². The molecule has 1 aliphatic rings. The maximum absolute atomic E-state index is 12.8. The van der Waals surface area contributed by atoms with Gasteiger partial charge >= 0.3 is 0 Å². The lowest BCUT2D eigenvalue weighted by molar-refractivity contribution is -0.126. The van der Waals surface area contributed by atoms with E-state index in [1.54, 1.807) is 18.0 Å². The molecule has 1 heterocycles. The second-order valence-corrected chi connectivity index (χ2v) is 5.84. The SMILES string of the molecule is CNC(=O)C1CN(C)CCN1C(=O)c1cccc(N(C)C)c1. The second-order valence-electron chi connectivity index (χ2n) is 5.84. The van der Waals surface area contributed by atoms with E-state index in [0.717, 1.165) is 12.2 Å². The number of nitrogens with zero attached hydrogens (tertiary/aromatic N) is 3. The van der Waals surface area contributed by atoms with Crippen molar-refractivity contribution in [2.75, 3.05) is 52.7 Å². The van der Waals surface area contributed by atoms with Crippen LogP contribution in [0.4, 0.5) is 5.69 Å². The number of nitrogens with one attached hydrogen (secondary N) is 1. The Morgan fingerprint density at radius 1 is 1.27 bits per heavy atom. The van der Waals surface area contributed by atoms with Gasteiger partial charge in [0, 0.05) is 52.0 Å². The first-order valence-corrected chi connectivity index (χ1v) is 7.42. The Morgan fingerprint density at radius 2 is 2.00 bits per heavy atom. The third-order valence-electron chi connectivity index (χ3n) is 4.00. The molecule has 1 unspecified atom stereocenters. The van der Waals surface area contributed by atoms with Crippen LogP contribution < -0.4 is 10.2 Å². The van der Waals surface area contributed by atoms with E-state index in [1.807, 2.05) is 44.2 Å². The molecule has 0 saturated carbocycles. The average molecular weight is 304 g/mol. The molecule has 120 valence electrons. The third-order valence-corrected chi connectivity index (χ3v) is 4.00. The monoisotopic (exact) mass is 304 g/mol. The van der Waals surface area contributed by atoms with Crippen molar-refractivity contribution in [1.82, 2.24) is 15.1 Å². The lowest BCUT2D eigenvalue weighted by Gasteiger charge is -2.39. The number of rotatable bonds is 3. The number of hydrogen-bond donors (Lipinski definition) is 1. The minimum absolute atomic E-state index is 0.0922. The molecule has 1 atom stereocenters. The van der Waals surface area contributed by atoms with Gasteiger partial charge in [-0.05, 0) is 25.2 Å². The molecule has 22 heavy (non-hydrogen) atoms. The molecule has 0 radical (unpaired) electrons. The average Bonchev–Trinajstić information content (AvgIpc) is 2.53. The predicted octanol–water partition coefficient (Wildman–Crippen LogP) is 0.255. The van der Waals surface area contributed by atoms with Crippen LogP contribution in [0.3, 0.4) is 0 Å². The van der Waals surface area contributed by atoms with Crippen LogP contribution in [0.5, 0.6) is 0 Å². The molecule has 1 saturated heterocycles. The van der Waals surface area contributed by atoms with Crippen LogP contribution in [-0.2, 0) is 4.79 Å². The Hall–Kier alpha value is -2.08. The number of benzene rings is 1. The molecule has 0 aromatic heterocycles. The van der Waals surface area contributed by atoms with Gasteiger partial charge < -0.3 is 20.0 Å². The summed E-state index contributed by atoms with van der Waals surface area (Å²) in [7, 11) is 7.44. The Kier molecular flexibility index (Phi) is 5.03. The van der Waals surface area contributed by atoms with Crippen LogP contribution in [0.25, 0.3) is 0 Å². The van der Waals surface area contributed by atoms with Crippen LogP contribution in [0, 0.1) is 0 Å². The highest BCUT2D eigenvalue weighted by Crippen LogP contribution is 2.18. The van der Waals surface area contributed by atoms with Crippen molar-refractivity contribution < 1.29 is 9.59 Å². The highest BCUT2D eigenvalue weighted by Gasteiger charge is 2.34. The highest BCUT2D eigenvalue weighted by molar-refractivity contribution is 5.98. The van der Waals surface area contributed by atoms with Crippen LogP contribution in [-0.4, -0.2) is 75.5 Å². The highest BCUT2D eigenvalue weighted by atomic mass is 16.2. The first kappa shape index (κ1) is 16.3. The van der Waals surface area contributed by atoms with Crippen LogP contribution >= 0.6 is 0 Å². The topological polar surface area (TPSA) is 55.9 Å². The summed E-state index contributed by atoms with van der Waals surface area (Å²) in [5.41, 5.74) is 1.58. The van der Waals surface area contributed by atoms with E-state index >= 15 is 0 Å². The molecule has 1 aromatic rings. The molecule has 1 aromatic carbocycles. The van der Waals surface area contributed by atoms with Crippen molar-refractivity contribution in [3.05, 3.63) is 29.8 Å². The van der Waals surface area contributed by atoms with Crippen LogP contribution in [0.2, 0.25) is 0 Å². The molecular formula is C16H24N4O2. The van der Waals surface area contributed by atoms with Gasteiger partial charge in [0.1, 0.15) is 6.04 Å². The summed E-state index contributed by atoms with van der Waals surface area (Å²) >= 11 is 0. The third kappa shape index (κ3) is 3.39. The summed E-state index contributed by atoms with van der Waals surface area (Å²) in [4.78, 5) is 30.6. The minimum Gasteiger partial charge on any atom is -0.378 e. The molecule has 1 N–H and O–H groups in total. The summed E-state index contributed by atoms with van der Waals surface area (Å²) in [5, 5.41) is 2.65. The smallest absolute Gasteiger partial charge is 0.254 e. The van der Waals surface area contributed by atoms with Crippen molar-refractivity contribution in [1.29, 1.82) is 0 Å². The zero-order chi connectivity index (χ0) is 16.3. The number of piperazine rings is 1. The second kappa shape index (κ2) is 6.79. The molecule has 1 fully saturated rings. The Morgan fingerprint density at radius 3 is 2.64 bits per heavy atom.